The molecule has 0 radical (unpaired) electrons. The van der Waals surface area contributed by atoms with E-state index in [4.69, 9.17) is 14.6 Å². The number of likely N-dealkylation sites (tertiary alicyclic amines) is 1. The van der Waals surface area contributed by atoms with Gasteiger partial charge in [0.15, 0.2) is 11.5 Å². The van der Waals surface area contributed by atoms with Gasteiger partial charge in [0.05, 0.1) is 25.6 Å². The molecule has 4 aromatic rings. The summed E-state index contributed by atoms with van der Waals surface area (Å²) < 4.78 is 12.3. The lowest BCUT2D eigenvalue weighted by molar-refractivity contribution is 0.0645. The molecule has 0 N–H and O–H groups in total. The van der Waals surface area contributed by atoms with Crippen molar-refractivity contribution in [1.29, 1.82) is 0 Å². The molecule has 0 bridgehead atoms. The summed E-state index contributed by atoms with van der Waals surface area (Å²) in [4.78, 5) is 28.3. The van der Waals surface area contributed by atoms with Crippen molar-refractivity contribution < 1.29 is 19.1 Å². The second-order valence-electron chi connectivity index (χ2n) is 9.05. The maximum Gasteiger partial charge on any atom is 0.274 e. The van der Waals surface area contributed by atoms with Crippen LogP contribution in [0.5, 0.6) is 11.5 Å². The van der Waals surface area contributed by atoms with Crippen LogP contribution in [0.25, 0.3) is 16.9 Å². The molecule has 1 aliphatic rings. The minimum absolute atomic E-state index is 0.103. The van der Waals surface area contributed by atoms with Crippen LogP contribution in [0.3, 0.4) is 0 Å². The molecule has 188 valence electrons. The van der Waals surface area contributed by atoms with Crippen LogP contribution in [0.4, 0.5) is 0 Å². The third-order valence-electron chi connectivity index (χ3n) is 6.84. The van der Waals surface area contributed by atoms with Crippen molar-refractivity contribution in [3.05, 3.63) is 96.2 Å². The highest BCUT2D eigenvalue weighted by molar-refractivity contribution is 5.98. The Bertz CT molecular complexity index is 1370. The maximum absolute atomic E-state index is 13.5. The summed E-state index contributed by atoms with van der Waals surface area (Å²) in [6, 6.07) is 26.5. The van der Waals surface area contributed by atoms with E-state index in [2.05, 4.69) is 0 Å². The number of hydrogen-bond acceptors (Lipinski definition) is 5. The van der Waals surface area contributed by atoms with E-state index in [-0.39, 0.29) is 17.6 Å². The minimum atomic E-state index is -0.125. The SMILES string of the molecule is COc1ccc(C(=O)C2CCN(C(=O)c3cc(-c4ccc(OC)cc4)n(-c4ccccc4)n3)CC2)cc1. The summed E-state index contributed by atoms with van der Waals surface area (Å²) in [6.45, 7) is 1.03. The van der Waals surface area contributed by atoms with Crippen LogP contribution >= 0.6 is 0 Å². The van der Waals surface area contributed by atoms with E-state index >= 15 is 0 Å². The van der Waals surface area contributed by atoms with Crippen molar-refractivity contribution in [2.75, 3.05) is 27.3 Å². The zero-order valence-corrected chi connectivity index (χ0v) is 21.0. The Labute approximate surface area is 216 Å². The number of rotatable bonds is 7. The summed E-state index contributed by atoms with van der Waals surface area (Å²) in [5, 5.41) is 4.71. The van der Waals surface area contributed by atoms with Crippen LogP contribution in [0.2, 0.25) is 0 Å². The van der Waals surface area contributed by atoms with Crippen molar-refractivity contribution in [3.8, 4) is 28.4 Å². The summed E-state index contributed by atoms with van der Waals surface area (Å²) >= 11 is 0. The second kappa shape index (κ2) is 10.7. The summed E-state index contributed by atoms with van der Waals surface area (Å²) in [5.74, 6) is 1.37. The highest BCUT2D eigenvalue weighted by atomic mass is 16.5. The van der Waals surface area contributed by atoms with Gasteiger partial charge in [-0.1, -0.05) is 18.2 Å². The first-order chi connectivity index (χ1) is 18.1. The fraction of sp³-hybridized carbons (Fsp3) is 0.233. The van der Waals surface area contributed by atoms with Gasteiger partial charge >= 0.3 is 0 Å². The Morgan fingerprint density at radius 2 is 1.41 bits per heavy atom. The molecule has 37 heavy (non-hydrogen) atoms. The fourth-order valence-electron chi connectivity index (χ4n) is 4.72. The third kappa shape index (κ3) is 5.11. The lowest BCUT2D eigenvalue weighted by Crippen LogP contribution is -2.40. The quantitative estimate of drug-likeness (QED) is 0.326. The standard InChI is InChI=1S/C30H29N3O4/c1-36-25-12-8-21(9-13-25)28-20-27(31-33(28)24-6-4-3-5-7-24)30(35)32-18-16-23(17-19-32)29(34)22-10-14-26(37-2)15-11-22/h3-15,20,23H,16-19H2,1-2H3. The summed E-state index contributed by atoms with van der Waals surface area (Å²) in [6.07, 6.45) is 1.25. The van der Waals surface area contributed by atoms with Crippen molar-refractivity contribution in [1.82, 2.24) is 14.7 Å². The molecular formula is C30H29N3O4. The Balaban J connectivity index is 1.34. The van der Waals surface area contributed by atoms with Gasteiger partial charge in [0, 0.05) is 30.1 Å². The van der Waals surface area contributed by atoms with Crippen molar-refractivity contribution in [2.24, 2.45) is 5.92 Å². The van der Waals surface area contributed by atoms with Crippen molar-refractivity contribution in [2.45, 2.75) is 12.8 Å². The number of ketones is 1. The number of nitrogens with zero attached hydrogens (tertiary/aromatic N) is 3. The molecule has 0 aliphatic carbocycles. The highest BCUT2D eigenvalue weighted by Crippen LogP contribution is 2.28. The van der Waals surface area contributed by atoms with Crippen molar-refractivity contribution >= 4 is 11.7 Å². The lowest BCUT2D eigenvalue weighted by Gasteiger charge is -2.30. The molecule has 1 aromatic heterocycles. The smallest absolute Gasteiger partial charge is 0.274 e. The molecule has 1 fully saturated rings. The number of hydrogen-bond donors (Lipinski definition) is 0. The first-order valence-electron chi connectivity index (χ1n) is 12.3. The molecule has 7 heteroatoms. The number of amides is 1. The molecular weight excluding hydrogens is 466 g/mol. The first kappa shape index (κ1) is 24.3. The van der Waals surface area contributed by atoms with Gasteiger partial charge < -0.3 is 14.4 Å². The number of para-hydroxylation sites is 1. The van der Waals surface area contributed by atoms with E-state index in [1.165, 1.54) is 0 Å². The van der Waals surface area contributed by atoms with Crippen LogP contribution in [0.1, 0.15) is 33.7 Å². The Morgan fingerprint density at radius 1 is 0.811 bits per heavy atom. The number of ether oxygens (including phenoxy) is 2. The van der Waals surface area contributed by atoms with E-state index < -0.39 is 0 Å². The average Bonchev–Trinajstić information content (AvgIpc) is 3.42. The molecule has 1 aliphatic heterocycles. The van der Waals surface area contributed by atoms with E-state index in [9.17, 15) is 9.59 Å². The summed E-state index contributed by atoms with van der Waals surface area (Å²) in [5.41, 5.74) is 3.68. The van der Waals surface area contributed by atoms with E-state index in [0.717, 1.165) is 28.4 Å². The molecule has 7 nitrogen and oxygen atoms in total. The van der Waals surface area contributed by atoms with Crippen LogP contribution in [0.15, 0.2) is 84.9 Å². The Hall–Kier alpha value is -4.39. The number of aromatic nitrogens is 2. The Kier molecular flexibility index (Phi) is 7.03. The van der Waals surface area contributed by atoms with Gasteiger partial charge in [-0.05, 0) is 79.6 Å². The first-order valence-corrected chi connectivity index (χ1v) is 12.3. The van der Waals surface area contributed by atoms with Gasteiger partial charge in [-0.2, -0.15) is 5.10 Å². The second-order valence-corrected chi connectivity index (χ2v) is 9.05. The zero-order chi connectivity index (χ0) is 25.8. The van der Waals surface area contributed by atoms with Gasteiger partial charge in [-0.25, -0.2) is 4.68 Å². The van der Waals surface area contributed by atoms with E-state index in [1.54, 1.807) is 48.1 Å². The number of carbonyl (C=O) groups is 2. The number of methoxy groups -OCH3 is 2. The number of Topliss-reactive ketones (excluding diaryl/α,β-unsaturated/α-hetero) is 1. The van der Waals surface area contributed by atoms with Gasteiger partial charge in [0.2, 0.25) is 0 Å². The largest absolute Gasteiger partial charge is 0.497 e. The number of piperidine rings is 1. The molecule has 3 aromatic carbocycles. The summed E-state index contributed by atoms with van der Waals surface area (Å²) in [7, 11) is 3.24. The van der Waals surface area contributed by atoms with Crippen LogP contribution in [-0.2, 0) is 0 Å². The van der Waals surface area contributed by atoms with Gasteiger partial charge in [-0.15, -0.1) is 0 Å². The lowest BCUT2D eigenvalue weighted by atomic mass is 9.89. The Morgan fingerprint density at radius 3 is 2.00 bits per heavy atom. The number of carbonyl (C=O) groups excluding carboxylic acids is 2. The molecule has 5 rings (SSSR count). The topological polar surface area (TPSA) is 73.7 Å². The van der Waals surface area contributed by atoms with E-state index in [1.807, 2.05) is 60.7 Å². The molecule has 2 heterocycles. The van der Waals surface area contributed by atoms with Crippen LogP contribution in [0, 0.1) is 5.92 Å². The monoisotopic (exact) mass is 495 g/mol. The predicted octanol–water partition coefficient (Wildman–Crippen LogP) is 5.29. The molecule has 0 saturated carbocycles. The van der Waals surface area contributed by atoms with Gasteiger partial charge in [0.1, 0.15) is 11.5 Å². The fourth-order valence-corrected chi connectivity index (χ4v) is 4.72. The van der Waals surface area contributed by atoms with Crippen LogP contribution < -0.4 is 9.47 Å². The average molecular weight is 496 g/mol. The molecule has 0 spiro atoms. The van der Waals surface area contributed by atoms with Gasteiger partial charge in [-0.3, -0.25) is 9.59 Å². The maximum atomic E-state index is 13.5. The van der Waals surface area contributed by atoms with Crippen molar-refractivity contribution in [3.63, 3.8) is 0 Å². The predicted molar refractivity (Wildman–Crippen MR) is 142 cm³/mol. The molecule has 0 atom stereocenters. The van der Waals surface area contributed by atoms with Crippen LogP contribution in [-0.4, -0.2) is 53.7 Å². The molecule has 0 unspecified atom stereocenters. The zero-order valence-electron chi connectivity index (χ0n) is 21.0. The highest BCUT2D eigenvalue weighted by Gasteiger charge is 2.30. The number of benzene rings is 3. The normalized spacial score (nSPS) is 13.8. The minimum Gasteiger partial charge on any atom is -0.497 e. The third-order valence-corrected chi connectivity index (χ3v) is 6.84. The van der Waals surface area contributed by atoms with Gasteiger partial charge in [0.25, 0.3) is 5.91 Å². The van der Waals surface area contributed by atoms with E-state index in [0.29, 0.717) is 37.2 Å². The molecule has 1 amide bonds. The molecule has 1 saturated heterocycles.